The smallest absolute Gasteiger partial charge is 0.250 e. The van der Waals surface area contributed by atoms with Gasteiger partial charge in [0, 0.05) is 21.8 Å². The van der Waals surface area contributed by atoms with E-state index in [4.69, 9.17) is 0 Å². The van der Waals surface area contributed by atoms with Gasteiger partial charge in [-0.25, -0.2) is 0 Å². The molecule has 0 unspecified atom stereocenters. The fraction of sp³-hybridized carbons (Fsp3) is 0.222. The quantitative estimate of drug-likeness (QED) is 0.657. The Morgan fingerprint density at radius 1 is 1.12 bits per heavy atom. The molecule has 3 rings (SSSR count). The predicted molar refractivity (Wildman–Crippen MR) is 100 cm³/mol. The second-order valence-electron chi connectivity index (χ2n) is 5.84. The lowest BCUT2D eigenvalue weighted by atomic mass is 10.2. The van der Waals surface area contributed by atoms with Crippen LogP contribution in [-0.2, 0) is 11.3 Å². The molecule has 0 radical (unpaired) electrons. The predicted octanol–water partition coefficient (Wildman–Crippen LogP) is 3.54. The number of amides is 1. The molecule has 1 aromatic heterocycles. The lowest BCUT2D eigenvalue weighted by Crippen LogP contribution is -2.39. The van der Waals surface area contributed by atoms with Crippen molar-refractivity contribution >= 4 is 27.5 Å². The summed E-state index contributed by atoms with van der Waals surface area (Å²) in [4.78, 5) is 15.8. The molecule has 7 heteroatoms. The molecule has 0 saturated carbocycles. The largest absolute Gasteiger partial charge is 0.308 e. The van der Waals surface area contributed by atoms with Gasteiger partial charge in [-0.2, -0.15) is 4.80 Å². The summed E-state index contributed by atoms with van der Waals surface area (Å²) in [5, 5.41) is 12.4. The van der Waals surface area contributed by atoms with Crippen LogP contribution in [0.2, 0.25) is 0 Å². The SMILES string of the molecule is CC(C)N(C(=O)Cn1nnc(-c2ccc(Br)cc2)n1)c1ccccc1. The first-order valence-corrected chi connectivity index (χ1v) is 8.75. The third kappa shape index (κ3) is 4.11. The number of carbonyl (C=O) groups is 1. The maximum atomic E-state index is 12.7. The second-order valence-corrected chi connectivity index (χ2v) is 6.76. The van der Waals surface area contributed by atoms with Crippen molar-refractivity contribution in [2.45, 2.75) is 26.4 Å². The van der Waals surface area contributed by atoms with Crippen LogP contribution in [0.5, 0.6) is 0 Å². The number of hydrogen-bond acceptors (Lipinski definition) is 4. The summed E-state index contributed by atoms with van der Waals surface area (Å²) in [5.41, 5.74) is 1.71. The number of aromatic nitrogens is 4. The van der Waals surface area contributed by atoms with Gasteiger partial charge in [-0.3, -0.25) is 4.79 Å². The van der Waals surface area contributed by atoms with Gasteiger partial charge >= 0.3 is 0 Å². The zero-order valence-corrected chi connectivity index (χ0v) is 15.6. The summed E-state index contributed by atoms with van der Waals surface area (Å²) < 4.78 is 0.981. The fourth-order valence-corrected chi connectivity index (χ4v) is 2.80. The van der Waals surface area contributed by atoms with Gasteiger partial charge in [-0.1, -0.05) is 34.1 Å². The summed E-state index contributed by atoms with van der Waals surface area (Å²) in [6.07, 6.45) is 0. The van der Waals surface area contributed by atoms with Crippen LogP contribution in [0, 0.1) is 0 Å². The molecular formula is C18H18BrN5O. The molecule has 0 N–H and O–H groups in total. The first-order valence-electron chi connectivity index (χ1n) is 7.95. The van der Waals surface area contributed by atoms with Crippen molar-refractivity contribution in [3.8, 4) is 11.4 Å². The molecule has 128 valence electrons. The van der Waals surface area contributed by atoms with Crippen LogP contribution in [0.1, 0.15) is 13.8 Å². The molecule has 0 fully saturated rings. The number of rotatable bonds is 5. The average molecular weight is 400 g/mol. The summed E-state index contributed by atoms with van der Waals surface area (Å²) in [6.45, 7) is 4.00. The first-order chi connectivity index (χ1) is 12.0. The van der Waals surface area contributed by atoms with Gasteiger partial charge in [0.25, 0.3) is 5.91 Å². The van der Waals surface area contributed by atoms with Gasteiger partial charge in [-0.05, 0) is 55.5 Å². The van der Waals surface area contributed by atoms with E-state index >= 15 is 0 Å². The number of carbonyl (C=O) groups excluding carboxylic acids is 1. The van der Waals surface area contributed by atoms with Crippen molar-refractivity contribution in [1.82, 2.24) is 20.2 Å². The van der Waals surface area contributed by atoms with Gasteiger partial charge in [0.15, 0.2) is 0 Å². The van der Waals surface area contributed by atoms with Gasteiger partial charge in [0.05, 0.1) is 0 Å². The minimum atomic E-state index is -0.0824. The molecule has 2 aromatic carbocycles. The molecule has 1 amide bonds. The molecule has 1 heterocycles. The third-order valence-electron chi connectivity index (χ3n) is 3.65. The molecular weight excluding hydrogens is 382 g/mol. The first kappa shape index (κ1) is 17.3. The van der Waals surface area contributed by atoms with E-state index in [0.29, 0.717) is 5.82 Å². The third-order valence-corrected chi connectivity index (χ3v) is 4.18. The van der Waals surface area contributed by atoms with Crippen LogP contribution in [-0.4, -0.2) is 32.2 Å². The lowest BCUT2D eigenvalue weighted by Gasteiger charge is -2.26. The topological polar surface area (TPSA) is 63.9 Å². The zero-order chi connectivity index (χ0) is 17.8. The molecule has 0 saturated heterocycles. The van der Waals surface area contributed by atoms with Crippen molar-refractivity contribution in [3.63, 3.8) is 0 Å². The maximum Gasteiger partial charge on any atom is 0.250 e. The number of hydrogen-bond donors (Lipinski definition) is 0. The lowest BCUT2D eigenvalue weighted by molar-refractivity contribution is -0.119. The molecule has 3 aromatic rings. The number of nitrogens with zero attached hydrogens (tertiary/aromatic N) is 5. The Labute approximate surface area is 154 Å². The van der Waals surface area contributed by atoms with Gasteiger partial charge in [0.1, 0.15) is 6.54 Å². The maximum absolute atomic E-state index is 12.7. The van der Waals surface area contributed by atoms with Crippen LogP contribution in [0.15, 0.2) is 59.1 Å². The number of anilines is 1. The highest BCUT2D eigenvalue weighted by molar-refractivity contribution is 9.10. The Morgan fingerprint density at radius 2 is 1.80 bits per heavy atom. The summed E-state index contributed by atoms with van der Waals surface area (Å²) >= 11 is 3.40. The molecule has 0 aliphatic heterocycles. The second kappa shape index (κ2) is 7.57. The number of halogens is 1. The summed E-state index contributed by atoms with van der Waals surface area (Å²) in [7, 11) is 0. The molecule has 25 heavy (non-hydrogen) atoms. The minimum Gasteiger partial charge on any atom is -0.308 e. The number of tetrazole rings is 1. The van der Waals surface area contributed by atoms with E-state index in [-0.39, 0.29) is 18.5 Å². The van der Waals surface area contributed by atoms with E-state index in [1.54, 1.807) is 4.90 Å². The van der Waals surface area contributed by atoms with Crippen molar-refractivity contribution in [1.29, 1.82) is 0 Å². The summed E-state index contributed by atoms with van der Waals surface area (Å²) in [6, 6.07) is 17.2. The minimum absolute atomic E-state index is 0.0318. The van der Waals surface area contributed by atoms with Crippen LogP contribution in [0.3, 0.4) is 0 Å². The van der Waals surface area contributed by atoms with Crippen molar-refractivity contribution in [2.24, 2.45) is 0 Å². The van der Waals surface area contributed by atoms with Gasteiger partial charge < -0.3 is 4.90 Å². The van der Waals surface area contributed by atoms with Crippen LogP contribution in [0.25, 0.3) is 11.4 Å². The van der Waals surface area contributed by atoms with E-state index in [1.165, 1.54) is 4.80 Å². The number of benzene rings is 2. The Balaban J connectivity index is 1.77. The van der Waals surface area contributed by atoms with E-state index in [1.807, 2.05) is 68.4 Å². The summed E-state index contributed by atoms with van der Waals surface area (Å²) in [5.74, 6) is 0.414. The Morgan fingerprint density at radius 3 is 2.44 bits per heavy atom. The van der Waals surface area contributed by atoms with Crippen molar-refractivity contribution in [3.05, 3.63) is 59.1 Å². The standard InChI is InChI=1S/C18H18BrN5O/c1-13(2)24(16-6-4-3-5-7-16)17(25)12-23-21-18(20-22-23)14-8-10-15(19)11-9-14/h3-11,13H,12H2,1-2H3. The van der Waals surface area contributed by atoms with Crippen LogP contribution >= 0.6 is 15.9 Å². The fourth-order valence-electron chi connectivity index (χ4n) is 2.54. The monoisotopic (exact) mass is 399 g/mol. The average Bonchev–Trinajstić information content (AvgIpc) is 3.04. The molecule has 0 aliphatic carbocycles. The number of para-hydroxylation sites is 1. The highest BCUT2D eigenvalue weighted by Crippen LogP contribution is 2.19. The molecule has 0 atom stereocenters. The highest BCUT2D eigenvalue weighted by Gasteiger charge is 2.20. The van der Waals surface area contributed by atoms with Crippen LogP contribution < -0.4 is 4.90 Å². The molecule has 0 spiro atoms. The van der Waals surface area contributed by atoms with E-state index in [2.05, 4.69) is 31.3 Å². The molecule has 0 aliphatic rings. The van der Waals surface area contributed by atoms with Crippen LogP contribution in [0.4, 0.5) is 5.69 Å². The zero-order valence-electron chi connectivity index (χ0n) is 14.0. The van der Waals surface area contributed by atoms with Gasteiger partial charge in [0.2, 0.25) is 5.82 Å². The molecule has 6 nitrogen and oxygen atoms in total. The highest BCUT2D eigenvalue weighted by atomic mass is 79.9. The van der Waals surface area contributed by atoms with E-state index in [9.17, 15) is 4.79 Å². The van der Waals surface area contributed by atoms with Crippen molar-refractivity contribution < 1.29 is 4.79 Å². The van der Waals surface area contributed by atoms with Crippen molar-refractivity contribution in [2.75, 3.05) is 4.90 Å². The van der Waals surface area contributed by atoms with E-state index < -0.39 is 0 Å². The Hall–Kier alpha value is -2.54. The Bertz CT molecular complexity index is 845. The van der Waals surface area contributed by atoms with Gasteiger partial charge in [-0.15, -0.1) is 10.2 Å². The molecule has 0 bridgehead atoms. The van der Waals surface area contributed by atoms with E-state index in [0.717, 1.165) is 15.7 Å². The normalized spacial score (nSPS) is 10.9. The Kier molecular flexibility index (Phi) is 5.23.